The lowest BCUT2D eigenvalue weighted by molar-refractivity contribution is -0.135. The molecule has 3 N–H and O–H groups in total. The van der Waals surface area contributed by atoms with E-state index < -0.39 is 22.0 Å². The number of aromatic nitrogens is 2. The van der Waals surface area contributed by atoms with Crippen LogP contribution in [0.5, 0.6) is 5.75 Å². The molecule has 1 saturated heterocycles. The number of aryl methyl sites for hydroxylation is 1. The number of piperidine rings is 1. The van der Waals surface area contributed by atoms with E-state index in [2.05, 4.69) is 9.82 Å². The van der Waals surface area contributed by atoms with Gasteiger partial charge in [-0.15, -0.1) is 0 Å². The third-order valence-corrected chi connectivity index (χ3v) is 7.51. The molecule has 1 aromatic carbocycles. The van der Waals surface area contributed by atoms with Gasteiger partial charge in [-0.1, -0.05) is 12.5 Å². The van der Waals surface area contributed by atoms with Crippen LogP contribution in [0.1, 0.15) is 30.5 Å². The molecule has 1 aliphatic rings. The van der Waals surface area contributed by atoms with E-state index in [-0.39, 0.29) is 11.4 Å². The monoisotopic (exact) mass is 487 g/mol. The van der Waals surface area contributed by atoms with Crippen LogP contribution in [0.3, 0.4) is 0 Å². The Morgan fingerprint density at radius 2 is 1.88 bits per heavy atom. The maximum atomic E-state index is 12.8. The second-order valence-corrected chi connectivity index (χ2v) is 10.1. The first-order chi connectivity index (χ1) is 16.4. The van der Waals surface area contributed by atoms with Crippen LogP contribution in [0.15, 0.2) is 53.6 Å². The Bertz CT molecular complexity index is 1240. The molecule has 1 aliphatic heterocycles. The number of nitrogens with zero attached hydrogens (tertiary/aromatic N) is 3. The largest absolute Gasteiger partial charge is 0.489 e. The molecule has 10 nitrogen and oxygen atoms in total. The van der Waals surface area contributed by atoms with Crippen molar-refractivity contribution < 1.29 is 23.2 Å². The molecule has 1 atom stereocenters. The van der Waals surface area contributed by atoms with E-state index in [9.17, 15) is 13.2 Å². The van der Waals surface area contributed by atoms with Gasteiger partial charge in [-0.2, -0.15) is 5.10 Å². The van der Waals surface area contributed by atoms with Crippen molar-refractivity contribution >= 4 is 21.4 Å². The van der Waals surface area contributed by atoms with Crippen LogP contribution in [0.2, 0.25) is 0 Å². The number of rotatable bonds is 9. The van der Waals surface area contributed by atoms with Crippen molar-refractivity contribution in [1.29, 1.82) is 0 Å². The Balaban J connectivity index is 1.39. The fourth-order valence-corrected chi connectivity index (χ4v) is 5.22. The number of carbonyl (C=O) groups excluding carboxylic acids is 1. The molecular weight excluding hydrogens is 458 g/mol. The van der Waals surface area contributed by atoms with Crippen molar-refractivity contribution in [2.75, 3.05) is 19.6 Å². The number of amides is 1. The summed E-state index contributed by atoms with van der Waals surface area (Å²) >= 11 is 0. The van der Waals surface area contributed by atoms with E-state index in [4.69, 9.17) is 9.94 Å². The maximum absolute atomic E-state index is 12.8. The van der Waals surface area contributed by atoms with Gasteiger partial charge in [-0.3, -0.25) is 14.9 Å². The molecule has 0 bridgehead atoms. The first-order valence-corrected chi connectivity index (χ1v) is 12.7. The number of sulfonamides is 1. The number of pyridine rings is 1. The summed E-state index contributed by atoms with van der Waals surface area (Å²) in [5, 5.41) is 13.5. The number of carbonyl (C=O) groups is 1. The Kier molecular flexibility index (Phi) is 7.47. The molecule has 11 heteroatoms. The topological polar surface area (TPSA) is 125 Å². The Hall–Kier alpha value is -2.99. The van der Waals surface area contributed by atoms with E-state index in [1.165, 1.54) is 12.1 Å². The van der Waals surface area contributed by atoms with Crippen LogP contribution in [-0.4, -0.2) is 59.7 Å². The quantitative estimate of drug-likeness (QED) is 0.311. The minimum atomic E-state index is -3.85. The molecule has 2 aromatic heterocycles. The highest BCUT2D eigenvalue weighted by atomic mass is 32.2. The third-order valence-electron chi connectivity index (χ3n) is 6.07. The zero-order chi connectivity index (χ0) is 24.1. The summed E-state index contributed by atoms with van der Waals surface area (Å²) in [5.41, 5.74) is 4.43. The number of hydroxylamine groups is 1. The Morgan fingerprint density at radius 3 is 2.59 bits per heavy atom. The second-order valence-electron chi connectivity index (χ2n) is 8.29. The lowest BCUT2D eigenvalue weighted by Crippen LogP contribution is -2.53. The second kappa shape index (κ2) is 10.5. The van der Waals surface area contributed by atoms with Crippen molar-refractivity contribution in [3.63, 3.8) is 0 Å². The van der Waals surface area contributed by atoms with Gasteiger partial charge in [-0.25, -0.2) is 23.1 Å². The molecule has 34 heavy (non-hydrogen) atoms. The normalized spacial score (nSPS) is 15.8. The van der Waals surface area contributed by atoms with Crippen molar-refractivity contribution in [3.05, 3.63) is 59.9 Å². The minimum absolute atomic E-state index is 0.0637. The summed E-state index contributed by atoms with van der Waals surface area (Å²) in [7, 11) is -3.85. The van der Waals surface area contributed by atoms with Gasteiger partial charge in [0.05, 0.1) is 16.1 Å². The summed E-state index contributed by atoms with van der Waals surface area (Å²) in [6.07, 6.45) is 4.80. The Labute approximate surface area is 198 Å². The lowest BCUT2D eigenvalue weighted by Gasteiger charge is -2.33. The standard InChI is InChI=1S/C23H29N5O5S/c1-17-20(21-7-3-6-14-28(21)25-17)16-33-18-8-10-19(11-9-18)34(31,32)24-15-22(23(29)26-30)27-12-4-2-5-13-27/h3,6-11,14,22,24,30H,2,4-5,12-13,15-16H2,1H3,(H,26,29)/t22-/m0/s1. The first-order valence-electron chi connectivity index (χ1n) is 11.2. The number of nitrogens with one attached hydrogen (secondary N) is 2. The van der Waals surface area contributed by atoms with Crippen LogP contribution >= 0.6 is 0 Å². The fraction of sp³-hybridized carbons (Fsp3) is 0.391. The van der Waals surface area contributed by atoms with E-state index >= 15 is 0 Å². The highest BCUT2D eigenvalue weighted by Gasteiger charge is 2.28. The van der Waals surface area contributed by atoms with Crippen molar-refractivity contribution in [1.82, 2.24) is 24.7 Å². The average Bonchev–Trinajstić information content (AvgIpc) is 3.18. The van der Waals surface area contributed by atoms with Gasteiger partial charge in [0, 0.05) is 18.3 Å². The van der Waals surface area contributed by atoms with E-state index in [1.54, 1.807) is 22.1 Å². The van der Waals surface area contributed by atoms with Crippen molar-refractivity contribution in [2.24, 2.45) is 0 Å². The number of fused-ring (bicyclic) bond motifs is 1. The van der Waals surface area contributed by atoms with Crippen LogP contribution in [0.4, 0.5) is 0 Å². The van der Waals surface area contributed by atoms with E-state index in [1.807, 2.05) is 36.2 Å². The SMILES string of the molecule is Cc1nn2ccccc2c1COc1ccc(S(=O)(=O)NC[C@@H](C(=O)NO)N2CCCCC2)cc1. The van der Waals surface area contributed by atoms with Gasteiger partial charge < -0.3 is 4.74 Å². The number of ether oxygens (including phenoxy) is 1. The zero-order valence-electron chi connectivity index (χ0n) is 19.0. The lowest BCUT2D eigenvalue weighted by atomic mass is 10.1. The molecule has 1 amide bonds. The summed E-state index contributed by atoms with van der Waals surface area (Å²) in [4.78, 5) is 14.1. The van der Waals surface area contributed by atoms with Crippen LogP contribution < -0.4 is 14.9 Å². The zero-order valence-corrected chi connectivity index (χ0v) is 19.8. The summed E-state index contributed by atoms with van der Waals surface area (Å²) in [5.74, 6) is -0.101. The van der Waals surface area contributed by atoms with Gasteiger partial charge in [0.1, 0.15) is 18.4 Å². The molecule has 4 rings (SSSR count). The van der Waals surface area contributed by atoms with E-state index in [0.29, 0.717) is 25.4 Å². The molecule has 0 spiro atoms. The summed E-state index contributed by atoms with van der Waals surface area (Å²) in [6, 6.07) is 11.1. The van der Waals surface area contributed by atoms with Gasteiger partial charge in [0.15, 0.2) is 0 Å². The highest BCUT2D eigenvalue weighted by molar-refractivity contribution is 7.89. The van der Waals surface area contributed by atoms with Crippen LogP contribution in [0, 0.1) is 6.92 Å². The van der Waals surface area contributed by atoms with Crippen LogP contribution in [-0.2, 0) is 21.4 Å². The van der Waals surface area contributed by atoms with Gasteiger partial charge in [0.2, 0.25) is 10.0 Å². The predicted molar refractivity (Wildman–Crippen MR) is 125 cm³/mol. The molecule has 0 saturated carbocycles. The Morgan fingerprint density at radius 1 is 1.15 bits per heavy atom. The van der Waals surface area contributed by atoms with E-state index in [0.717, 1.165) is 36.0 Å². The molecule has 3 heterocycles. The molecular formula is C23H29N5O5S. The third kappa shape index (κ3) is 5.39. The number of benzene rings is 1. The smallest absolute Gasteiger partial charge is 0.262 e. The predicted octanol–water partition coefficient (Wildman–Crippen LogP) is 1.86. The van der Waals surface area contributed by atoms with Gasteiger partial charge >= 0.3 is 0 Å². The number of hydrogen-bond donors (Lipinski definition) is 3. The molecule has 3 aromatic rings. The van der Waals surface area contributed by atoms with Gasteiger partial charge in [-0.05, 0) is 69.3 Å². The highest BCUT2D eigenvalue weighted by Crippen LogP contribution is 2.21. The molecule has 0 radical (unpaired) electrons. The molecule has 0 unspecified atom stereocenters. The fourth-order valence-electron chi connectivity index (χ4n) is 4.18. The van der Waals surface area contributed by atoms with Gasteiger partial charge in [0.25, 0.3) is 5.91 Å². The molecule has 0 aliphatic carbocycles. The minimum Gasteiger partial charge on any atom is -0.489 e. The van der Waals surface area contributed by atoms with Crippen molar-refractivity contribution in [3.8, 4) is 5.75 Å². The summed E-state index contributed by atoms with van der Waals surface area (Å²) in [6.45, 7) is 3.44. The maximum Gasteiger partial charge on any atom is 0.262 e. The number of likely N-dealkylation sites (tertiary alicyclic amines) is 1. The number of hydrogen-bond acceptors (Lipinski definition) is 7. The molecule has 182 valence electrons. The molecule has 1 fully saturated rings. The first kappa shape index (κ1) is 24.1. The van der Waals surface area contributed by atoms with Crippen molar-refractivity contribution in [2.45, 2.75) is 43.7 Å². The average molecular weight is 488 g/mol. The summed E-state index contributed by atoms with van der Waals surface area (Å²) < 4.78 is 35.8. The van der Waals surface area contributed by atoms with Crippen LogP contribution in [0.25, 0.3) is 5.52 Å².